The summed E-state index contributed by atoms with van der Waals surface area (Å²) in [5.74, 6) is 0.665. The number of pyridine rings is 1. The molecule has 1 fully saturated rings. The van der Waals surface area contributed by atoms with Gasteiger partial charge in [0.05, 0.1) is 35.9 Å². The van der Waals surface area contributed by atoms with Crippen molar-refractivity contribution in [3.05, 3.63) is 91.2 Å². The number of nitrogens with zero attached hydrogens (tertiary/aromatic N) is 6. The van der Waals surface area contributed by atoms with E-state index >= 15 is 0 Å². The number of rotatable bonds is 5. The number of fused-ring (bicyclic) bond motifs is 1. The number of ether oxygens (including phenoxy) is 1. The van der Waals surface area contributed by atoms with Crippen molar-refractivity contribution in [2.24, 2.45) is 0 Å². The van der Waals surface area contributed by atoms with E-state index in [1.54, 1.807) is 27.9 Å². The molecule has 1 saturated carbocycles. The third-order valence-electron chi connectivity index (χ3n) is 7.80. The highest BCUT2D eigenvalue weighted by Crippen LogP contribution is 2.27. The Balaban J connectivity index is 1.41. The number of hydrogen-bond acceptors (Lipinski definition) is 7. The maximum absolute atomic E-state index is 14.1. The van der Waals surface area contributed by atoms with Gasteiger partial charge in [-0.2, -0.15) is 5.10 Å². The van der Waals surface area contributed by atoms with E-state index in [9.17, 15) is 14.7 Å². The van der Waals surface area contributed by atoms with Gasteiger partial charge in [-0.25, -0.2) is 19.2 Å². The maximum Gasteiger partial charge on any atom is 0.263 e. The molecule has 1 aliphatic carbocycles. The average molecular weight is 620 g/mol. The normalized spacial score (nSPS) is 20.0. The van der Waals surface area contributed by atoms with Crippen molar-refractivity contribution in [2.75, 3.05) is 0 Å². The quantitative estimate of drug-likeness (QED) is 0.359. The van der Waals surface area contributed by atoms with Crippen molar-refractivity contribution in [3.8, 4) is 17.5 Å². The molecular formula is C30H31BrN6O4. The summed E-state index contributed by atoms with van der Waals surface area (Å²) in [7, 11) is 0. The van der Waals surface area contributed by atoms with E-state index in [-0.39, 0.29) is 36.3 Å². The number of aryl methyl sites for hydroxylation is 3. The van der Waals surface area contributed by atoms with Crippen molar-refractivity contribution in [1.29, 1.82) is 0 Å². The molecule has 1 atom stereocenters. The predicted molar refractivity (Wildman–Crippen MR) is 156 cm³/mol. The molecule has 212 valence electrons. The van der Waals surface area contributed by atoms with Crippen LogP contribution < -0.4 is 10.3 Å². The van der Waals surface area contributed by atoms with Crippen LogP contribution in [-0.2, 0) is 13.0 Å². The smallest absolute Gasteiger partial charge is 0.263 e. The Bertz CT molecular complexity index is 1710. The van der Waals surface area contributed by atoms with Gasteiger partial charge in [-0.15, -0.1) is 0 Å². The monoisotopic (exact) mass is 618 g/mol. The Morgan fingerprint density at radius 3 is 2.54 bits per heavy atom. The standard InChI is InChI=1S/C30H31BrN6O4/c1-16-9-20(5-7-25(16)31)28(39)35-15-26-24(11-18(35)3)29(40)36(30(33-26)37-19(4)10-17(2)34-37)21-6-8-27(32-14-21)41-23-12-22(38)13-23/h5-10,14,18,22-23,38H,11-13,15H2,1-4H3/t18-,22-,23-/m1/s1. The topological polar surface area (TPSA) is 115 Å². The number of aliphatic hydroxyl groups is 1. The highest BCUT2D eigenvalue weighted by Gasteiger charge is 2.33. The first kappa shape index (κ1) is 27.3. The van der Waals surface area contributed by atoms with Gasteiger partial charge in [0.1, 0.15) is 6.10 Å². The molecule has 10 nitrogen and oxygen atoms in total. The van der Waals surface area contributed by atoms with Gasteiger partial charge in [-0.1, -0.05) is 15.9 Å². The zero-order valence-electron chi connectivity index (χ0n) is 23.3. The molecule has 11 heteroatoms. The van der Waals surface area contributed by atoms with Crippen molar-refractivity contribution in [1.82, 2.24) is 29.2 Å². The fraction of sp³-hybridized carbons (Fsp3) is 0.367. The molecule has 1 N–H and O–H groups in total. The summed E-state index contributed by atoms with van der Waals surface area (Å²) in [6.07, 6.45) is 2.74. The van der Waals surface area contributed by atoms with Crippen LogP contribution in [0.15, 0.2) is 51.9 Å². The van der Waals surface area contributed by atoms with E-state index in [2.05, 4.69) is 26.0 Å². The van der Waals surface area contributed by atoms with E-state index in [0.29, 0.717) is 53.6 Å². The summed E-state index contributed by atoms with van der Waals surface area (Å²) in [6.45, 7) is 7.91. The third-order valence-corrected chi connectivity index (χ3v) is 8.69. The Morgan fingerprint density at radius 2 is 1.90 bits per heavy atom. The molecule has 0 spiro atoms. The molecule has 41 heavy (non-hydrogen) atoms. The van der Waals surface area contributed by atoms with Crippen LogP contribution in [0, 0.1) is 20.8 Å². The second-order valence-electron chi connectivity index (χ2n) is 11.0. The van der Waals surface area contributed by atoms with E-state index < -0.39 is 0 Å². The molecule has 0 unspecified atom stereocenters. The second-order valence-corrected chi connectivity index (χ2v) is 11.8. The van der Waals surface area contributed by atoms with E-state index in [4.69, 9.17) is 9.72 Å². The number of carbonyl (C=O) groups is 1. The van der Waals surface area contributed by atoms with Crippen molar-refractivity contribution in [2.45, 2.75) is 71.8 Å². The highest BCUT2D eigenvalue weighted by molar-refractivity contribution is 9.10. The average Bonchev–Trinajstić information content (AvgIpc) is 3.27. The molecule has 6 rings (SSSR count). The van der Waals surface area contributed by atoms with Crippen LogP contribution in [0.2, 0.25) is 0 Å². The third kappa shape index (κ3) is 5.08. The molecule has 0 bridgehead atoms. The summed E-state index contributed by atoms with van der Waals surface area (Å²) < 4.78 is 9.96. The molecular weight excluding hydrogens is 588 g/mol. The lowest BCUT2D eigenvalue weighted by atomic mass is 9.92. The fourth-order valence-electron chi connectivity index (χ4n) is 5.45. The van der Waals surface area contributed by atoms with Gasteiger partial charge in [0.25, 0.3) is 11.5 Å². The second kappa shape index (κ2) is 10.5. The van der Waals surface area contributed by atoms with Gasteiger partial charge < -0.3 is 14.7 Å². The summed E-state index contributed by atoms with van der Waals surface area (Å²) >= 11 is 3.50. The summed E-state index contributed by atoms with van der Waals surface area (Å²) in [6, 6.07) is 10.8. The van der Waals surface area contributed by atoms with E-state index in [1.165, 1.54) is 4.57 Å². The van der Waals surface area contributed by atoms with Gasteiger partial charge >= 0.3 is 0 Å². The SMILES string of the molecule is Cc1cc(C)n(-c2nc3c(c(=O)n2-c2ccc(O[C@H]4C[C@H](O)C4)nc2)C[C@@H](C)N(C(=O)c2ccc(Br)c(C)c2)C3)n1. The first-order chi connectivity index (χ1) is 19.6. The van der Waals surface area contributed by atoms with E-state index in [1.807, 2.05) is 52.0 Å². The van der Waals surface area contributed by atoms with Crippen molar-refractivity contribution < 1.29 is 14.6 Å². The molecule has 0 saturated heterocycles. The Hall–Kier alpha value is -3.83. The van der Waals surface area contributed by atoms with Gasteiger partial charge in [0.15, 0.2) is 0 Å². The molecule has 4 heterocycles. The first-order valence-electron chi connectivity index (χ1n) is 13.7. The number of aliphatic hydroxyl groups excluding tert-OH is 1. The minimum Gasteiger partial charge on any atom is -0.474 e. The predicted octanol–water partition coefficient (Wildman–Crippen LogP) is 3.99. The molecule has 0 radical (unpaired) electrons. The lowest BCUT2D eigenvalue weighted by molar-refractivity contribution is -0.0128. The zero-order valence-corrected chi connectivity index (χ0v) is 24.9. The Labute approximate surface area is 245 Å². The first-order valence-corrected chi connectivity index (χ1v) is 14.4. The number of amides is 1. The number of aromatic nitrogens is 5. The molecule has 3 aromatic heterocycles. The summed E-state index contributed by atoms with van der Waals surface area (Å²) in [4.78, 5) is 38.9. The molecule has 1 aliphatic heterocycles. The van der Waals surface area contributed by atoms with Gasteiger partial charge in [0, 0.05) is 46.2 Å². The van der Waals surface area contributed by atoms with Gasteiger partial charge in [0.2, 0.25) is 11.8 Å². The zero-order chi connectivity index (χ0) is 29.0. The van der Waals surface area contributed by atoms with Crippen LogP contribution in [-0.4, -0.2) is 58.5 Å². The summed E-state index contributed by atoms with van der Waals surface area (Å²) in [5.41, 5.74) is 4.64. The number of carbonyl (C=O) groups excluding carboxylic acids is 1. The molecule has 2 aliphatic rings. The molecule has 1 aromatic carbocycles. The largest absolute Gasteiger partial charge is 0.474 e. The highest BCUT2D eigenvalue weighted by atomic mass is 79.9. The fourth-order valence-corrected chi connectivity index (χ4v) is 5.69. The van der Waals surface area contributed by atoms with Gasteiger partial charge in [-0.3, -0.25) is 9.59 Å². The van der Waals surface area contributed by atoms with E-state index in [0.717, 1.165) is 21.4 Å². The van der Waals surface area contributed by atoms with Crippen molar-refractivity contribution >= 4 is 21.8 Å². The van der Waals surface area contributed by atoms with Crippen LogP contribution in [0.5, 0.6) is 5.88 Å². The van der Waals surface area contributed by atoms with Crippen LogP contribution >= 0.6 is 15.9 Å². The van der Waals surface area contributed by atoms with Crippen LogP contribution in [0.25, 0.3) is 11.6 Å². The van der Waals surface area contributed by atoms with Crippen LogP contribution in [0.1, 0.15) is 58.3 Å². The lowest BCUT2D eigenvalue weighted by Gasteiger charge is -2.34. The lowest BCUT2D eigenvalue weighted by Crippen LogP contribution is -2.46. The van der Waals surface area contributed by atoms with Crippen LogP contribution in [0.3, 0.4) is 0 Å². The minimum atomic E-state index is -0.324. The molecule has 4 aromatic rings. The number of hydrogen-bond donors (Lipinski definition) is 1. The van der Waals surface area contributed by atoms with Crippen LogP contribution in [0.4, 0.5) is 0 Å². The maximum atomic E-state index is 14.1. The Morgan fingerprint density at radius 1 is 1.12 bits per heavy atom. The minimum absolute atomic E-state index is 0.0600. The number of benzene rings is 1. The van der Waals surface area contributed by atoms with Gasteiger partial charge in [-0.05, 0) is 70.0 Å². The Kier molecular flexibility index (Phi) is 7.03. The summed E-state index contributed by atoms with van der Waals surface area (Å²) in [5, 5.41) is 14.2. The number of halogens is 1. The van der Waals surface area contributed by atoms with Crippen molar-refractivity contribution in [3.63, 3.8) is 0 Å². The molecule has 1 amide bonds.